The van der Waals surface area contributed by atoms with Crippen LogP contribution in [0.15, 0.2) is 0 Å². The lowest BCUT2D eigenvalue weighted by atomic mass is 9.39. The molecule has 10 atom stereocenters. The van der Waals surface area contributed by atoms with Crippen LogP contribution in [0.5, 0.6) is 0 Å². The number of rotatable bonds is 3. The molecule has 6 nitrogen and oxygen atoms in total. The van der Waals surface area contributed by atoms with Gasteiger partial charge in [0.25, 0.3) is 0 Å². The van der Waals surface area contributed by atoms with Gasteiger partial charge in [0.15, 0.2) is 0 Å². The zero-order valence-corrected chi connectivity index (χ0v) is 17.2. The molecular formula is C22H34O6. The number of epoxide rings is 1. The van der Waals surface area contributed by atoms with Crippen LogP contribution in [0.1, 0.15) is 59.3 Å². The van der Waals surface area contributed by atoms with Gasteiger partial charge >= 0.3 is 5.97 Å². The standard InChI is InChI=1S/C22H34O6/c1-12(25)27-17-6-7-19(2)14-5-4-13-9-21(14,18-22(13,11-24)28-18)16(26)8-15(19)20(17,3)10-23/h13-18,23-24,26H,4-11H2,1-3H3/t13-,14-,15+,16+,17-,18-,19+,20-,21-,22+/m1/s1. The fraction of sp³-hybridized carbons (Fsp3) is 0.955. The van der Waals surface area contributed by atoms with Crippen LogP contribution in [-0.4, -0.2) is 58.4 Å². The number of carbonyl (C=O) groups is 1. The van der Waals surface area contributed by atoms with E-state index >= 15 is 0 Å². The number of hydrogen-bond acceptors (Lipinski definition) is 6. The number of hydrogen-bond donors (Lipinski definition) is 3. The molecule has 0 unspecified atom stereocenters. The number of ether oxygens (including phenoxy) is 2. The second-order valence-electron chi connectivity index (χ2n) is 10.9. The SMILES string of the molecule is CC(=O)O[C@@H]1CC[C@]2(C)[C@H](C[C@H](O)[C@@]34C[C@@H](CC[C@H]23)[C@]2(CO)O[C@@H]24)[C@@]1(C)CO. The van der Waals surface area contributed by atoms with Crippen molar-refractivity contribution in [3.8, 4) is 0 Å². The Kier molecular flexibility index (Phi) is 3.94. The fourth-order valence-corrected chi connectivity index (χ4v) is 8.74. The molecule has 1 aliphatic heterocycles. The van der Waals surface area contributed by atoms with Crippen LogP contribution >= 0.6 is 0 Å². The Hall–Kier alpha value is -0.690. The molecule has 1 spiro atoms. The molecule has 4 aliphatic carbocycles. The maximum absolute atomic E-state index is 11.7. The van der Waals surface area contributed by atoms with E-state index in [1.54, 1.807) is 0 Å². The number of aliphatic hydroxyl groups excluding tert-OH is 3. The van der Waals surface area contributed by atoms with Gasteiger partial charge in [-0.2, -0.15) is 0 Å². The number of carbonyl (C=O) groups excluding carboxylic acids is 1. The van der Waals surface area contributed by atoms with E-state index in [0.717, 1.165) is 32.1 Å². The number of fused-ring (bicyclic) bond motifs is 5. The van der Waals surface area contributed by atoms with Crippen LogP contribution in [0.3, 0.4) is 0 Å². The summed E-state index contributed by atoms with van der Waals surface area (Å²) in [6, 6.07) is 0. The predicted molar refractivity (Wildman–Crippen MR) is 100 cm³/mol. The summed E-state index contributed by atoms with van der Waals surface area (Å²) in [6.07, 6.45) is 4.40. The van der Waals surface area contributed by atoms with Crippen LogP contribution < -0.4 is 0 Å². The third-order valence-corrected chi connectivity index (χ3v) is 10.00. The van der Waals surface area contributed by atoms with Crippen molar-refractivity contribution in [2.75, 3.05) is 13.2 Å². The van der Waals surface area contributed by atoms with Crippen LogP contribution in [0.2, 0.25) is 0 Å². The van der Waals surface area contributed by atoms with Crippen LogP contribution in [0.4, 0.5) is 0 Å². The second-order valence-corrected chi connectivity index (χ2v) is 10.9. The third kappa shape index (κ3) is 2.01. The summed E-state index contributed by atoms with van der Waals surface area (Å²) < 4.78 is 11.8. The Morgan fingerprint density at radius 1 is 1.14 bits per heavy atom. The molecule has 6 heteroatoms. The van der Waals surface area contributed by atoms with Gasteiger partial charge in [-0.15, -0.1) is 0 Å². The van der Waals surface area contributed by atoms with Crippen molar-refractivity contribution in [3.05, 3.63) is 0 Å². The van der Waals surface area contributed by atoms with Crippen LogP contribution in [-0.2, 0) is 14.3 Å². The van der Waals surface area contributed by atoms with Gasteiger partial charge in [-0.3, -0.25) is 4.79 Å². The van der Waals surface area contributed by atoms with Gasteiger partial charge < -0.3 is 24.8 Å². The molecule has 28 heavy (non-hydrogen) atoms. The van der Waals surface area contributed by atoms with Crippen molar-refractivity contribution in [2.24, 2.45) is 34.0 Å². The maximum Gasteiger partial charge on any atom is 0.302 e. The molecule has 0 aromatic heterocycles. The summed E-state index contributed by atoms with van der Waals surface area (Å²) in [7, 11) is 0. The molecule has 0 amide bonds. The summed E-state index contributed by atoms with van der Waals surface area (Å²) in [5.74, 6) is 0.412. The highest BCUT2D eigenvalue weighted by molar-refractivity contribution is 5.66. The highest BCUT2D eigenvalue weighted by Crippen LogP contribution is 2.78. The third-order valence-electron chi connectivity index (χ3n) is 10.00. The first-order valence-electron chi connectivity index (χ1n) is 10.9. The summed E-state index contributed by atoms with van der Waals surface area (Å²) in [6.45, 7) is 5.77. The first-order chi connectivity index (χ1) is 13.2. The lowest BCUT2D eigenvalue weighted by molar-refractivity contribution is -0.244. The quantitative estimate of drug-likeness (QED) is 0.497. The molecular weight excluding hydrogens is 360 g/mol. The molecule has 5 fully saturated rings. The average molecular weight is 395 g/mol. The lowest BCUT2D eigenvalue weighted by Crippen LogP contribution is -2.66. The first-order valence-corrected chi connectivity index (χ1v) is 10.9. The minimum atomic E-state index is -0.560. The minimum absolute atomic E-state index is 0.0400. The Morgan fingerprint density at radius 3 is 2.54 bits per heavy atom. The van der Waals surface area contributed by atoms with Crippen molar-refractivity contribution >= 4 is 5.97 Å². The molecule has 0 aromatic carbocycles. The topological polar surface area (TPSA) is 99.5 Å². The van der Waals surface area contributed by atoms with Gasteiger partial charge in [-0.25, -0.2) is 0 Å². The van der Waals surface area contributed by atoms with Gasteiger partial charge in [0, 0.05) is 17.8 Å². The molecule has 2 bridgehead atoms. The van der Waals surface area contributed by atoms with E-state index in [2.05, 4.69) is 6.92 Å². The van der Waals surface area contributed by atoms with Crippen molar-refractivity contribution < 1.29 is 29.6 Å². The maximum atomic E-state index is 11.7. The molecule has 5 aliphatic rings. The lowest BCUT2D eigenvalue weighted by Gasteiger charge is -2.66. The van der Waals surface area contributed by atoms with Crippen molar-refractivity contribution in [1.82, 2.24) is 0 Å². The van der Waals surface area contributed by atoms with E-state index in [4.69, 9.17) is 9.47 Å². The minimum Gasteiger partial charge on any atom is -0.462 e. The summed E-state index contributed by atoms with van der Waals surface area (Å²) in [5, 5.41) is 31.9. The van der Waals surface area contributed by atoms with Gasteiger partial charge in [0.05, 0.1) is 25.4 Å². The zero-order chi connectivity index (χ0) is 20.1. The van der Waals surface area contributed by atoms with Crippen molar-refractivity contribution in [2.45, 2.75) is 83.2 Å². The molecule has 3 N–H and O–H groups in total. The van der Waals surface area contributed by atoms with E-state index in [1.165, 1.54) is 6.92 Å². The molecule has 158 valence electrons. The Bertz CT molecular complexity index is 697. The normalized spacial score (nSPS) is 59.1. The zero-order valence-electron chi connectivity index (χ0n) is 17.2. The highest BCUT2D eigenvalue weighted by atomic mass is 16.6. The van der Waals surface area contributed by atoms with Gasteiger partial charge in [0.1, 0.15) is 11.7 Å². The summed E-state index contributed by atoms with van der Waals surface area (Å²) in [4.78, 5) is 11.7. The summed E-state index contributed by atoms with van der Waals surface area (Å²) >= 11 is 0. The monoisotopic (exact) mass is 394 g/mol. The van der Waals surface area contributed by atoms with Crippen molar-refractivity contribution in [1.29, 1.82) is 0 Å². The second kappa shape index (κ2) is 5.71. The molecule has 1 saturated heterocycles. The van der Waals surface area contributed by atoms with Gasteiger partial charge in [0.2, 0.25) is 0 Å². The smallest absolute Gasteiger partial charge is 0.302 e. The fourth-order valence-electron chi connectivity index (χ4n) is 8.74. The summed E-state index contributed by atoms with van der Waals surface area (Å²) in [5.41, 5.74) is -1.30. The highest BCUT2D eigenvalue weighted by Gasteiger charge is 2.83. The van der Waals surface area contributed by atoms with E-state index in [1.807, 2.05) is 6.92 Å². The van der Waals surface area contributed by atoms with E-state index in [-0.39, 0.29) is 48.1 Å². The molecule has 0 radical (unpaired) electrons. The Morgan fingerprint density at radius 2 is 1.89 bits per heavy atom. The van der Waals surface area contributed by atoms with E-state index in [0.29, 0.717) is 18.3 Å². The molecule has 4 saturated carbocycles. The molecule has 5 rings (SSSR count). The van der Waals surface area contributed by atoms with E-state index in [9.17, 15) is 20.1 Å². The Labute approximate surface area is 166 Å². The number of aliphatic hydroxyl groups is 3. The van der Waals surface area contributed by atoms with Crippen LogP contribution in [0.25, 0.3) is 0 Å². The average Bonchev–Trinajstić information content (AvgIpc) is 3.38. The van der Waals surface area contributed by atoms with Crippen molar-refractivity contribution in [3.63, 3.8) is 0 Å². The van der Waals surface area contributed by atoms with Gasteiger partial charge in [-0.1, -0.05) is 13.8 Å². The molecule has 1 heterocycles. The Balaban J connectivity index is 1.54. The molecule has 0 aromatic rings. The predicted octanol–water partition coefficient (Wildman–Crippen LogP) is 1.64. The van der Waals surface area contributed by atoms with Gasteiger partial charge in [-0.05, 0) is 61.7 Å². The van der Waals surface area contributed by atoms with Crippen LogP contribution in [0, 0.1) is 34.0 Å². The van der Waals surface area contributed by atoms with E-state index < -0.39 is 17.1 Å². The first kappa shape index (κ1) is 19.3. The number of esters is 1. The largest absolute Gasteiger partial charge is 0.462 e.